The lowest BCUT2D eigenvalue weighted by molar-refractivity contribution is -0.146. The lowest BCUT2D eigenvalue weighted by atomic mass is 9.89. The first-order valence-electron chi connectivity index (χ1n) is 6.63. The minimum atomic E-state index is -0.0340. The number of hydrogen-bond acceptors (Lipinski definition) is 3. The van der Waals surface area contributed by atoms with Gasteiger partial charge in [-0.1, -0.05) is 19.3 Å². The van der Waals surface area contributed by atoms with Crippen molar-refractivity contribution >= 4 is 5.97 Å². The number of methoxy groups -OCH3 is 1. The van der Waals surface area contributed by atoms with Crippen molar-refractivity contribution in [3.8, 4) is 0 Å². The summed E-state index contributed by atoms with van der Waals surface area (Å²) in [5.41, 5.74) is 0. The fourth-order valence-electron chi connectivity index (χ4n) is 3.15. The summed E-state index contributed by atoms with van der Waals surface area (Å²) in [6.07, 6.45) is 8.99. The van der Waals surface area contributed by atoms with Crippen LogP contribution in [-0.4, -0.2) is 37.1 Å². The summed E-state index contributed by atoms with van der Waals surface area (Å²) in [4.78, 5) is 14.0. The first-order chi connectivity index (χ1) is 7.81. The summed E-state index contributed by atoms with van der Waals surface area (Å²) in [7, 11) is 1.50. The molecule has 1 aliphatic heterocycles. The van der Waals surface area contributed by atoms with Crippen molar-refractivity contribution in [2.45, 2.75) is 51.0 Å². The average molecular weight is 225 g/mol. The number of carbonyl (C=O) groups is 1. The van der Waals surface area contributed by atoms with Gasteiger partial charge in [-0.2, -0.15) is 0 Å². The molecule has 0 aromatic heterocycles. The molecule has 2 fully saturated rings. The zero-order valence-corrected chi connectivity index (χ0v) is 10.3. The lowest BCUT2D eigenvalue weighted by Gasteiger charge is -2.29. The molecule has 3 heteroatoms. The Hall–Kier alpha value is -0.570. The monoisotopic (exact) mass is 225 g/mol. The van der Waals surface area contributed by atoms with Crippen LogP contribution in [0.2, 0.25) is 0 Å². The van der Waals surface area contributed by atoms with E-state index in [1.807, 2.05) is 0 Å². The van der Waals surface area contributed by atoms with Crippen LogP contribution in [0.15, 0.2) is 0 Å². The number of likely N-dealkylation sites (tertiary alicyclic amines) is 1. The second-order valence-corrected chi connectivity index (χ2v) is 5.18. The third-order valence-electron chi connectivity index (χ3n) is 4.05. The molecule has 1 heterocycles. The topological polar surface area (TPSA) is 29.5 Å². The van der Waals surface area contributed by atoms with Crippen molar-refractivity contribution in [2.24, 2.45) is 5.92 Å². The minimum absolute atomic E-state index is 0.0340. The van der Waals surface area contributed by atoms with Crippen LogP contribution in [0, 0.1) is 5.92 Å². The molecule has 16 heavy (non-hydrogen) atoms. The number of esters is 1. The summed E-state index contributed by atoms with van der Waals surface area (Å²) in [5, 5.41) is 0. The van der Waals surface area contributed by atoms with Gasteiger partial charge in [0.05, 0.1) is 7.11 Å². The summed E-state index contributed by atoms with van der Waals surface area (Å²) in [6.45, 7) is 2.19. The number of nitrogens with zero attached hydrogens (tertiary/aromatic N) is 1. The van der Waals surface area contributed by atoms with Gasteiger partial charge in [-0.05, 0) is 38.1 Å². The molecule has 2 aliphatic rings. The van der Waals surface area contributed by atoms with E-state index in [0.29, 0.717) is 0 Å². The summed E-state index contributed by atoms with van der Waals surface area (Å²) in [5.74, 6) is 0.785. The van der Waals surface area contributed by atoms with Crippen molar-refractivity contribution in [2.75, 3.05) is 20.2 Å². The molecule has 0 spiro atoms. The van der Waals surface area contributed by atoms with Crippen LogP contribution in [-0.2, 0) is 9.53 Å². The van der Waals surface area contributed by atoms with Gasteiger partial charge in [-0.3, -0.25) is 9.69 Å². The number of hydrogen-bond donors (Lipinski definition) is 0. The second kappa shape index (κ2) is 5.67. The Morgan fingerprint density at radius 3 is 2.62 bits per heavy atom. The Labute approximate surface area is 98.1 Å². The zero-order chi connectivity index (χ0) is 11.4. The highest BCUT2D eigenvalue weighted by atomic mass is 16.5. The molecule has 0 aromatic rings. The SMILES string of the molecule is COC(=O)C1CCCN1CC1CCCCC1. The zero-order valence-electron chi connectivity index (χ0n) is 10.3. The predicted octanol–water partition coefficient (Wildman–Crippen LogP) is 2.20. The molecular formula is C13H23NO2. The van der Waals surface area contributed by atoms with E-state index in [4.69, 9.17) is 4.74 Å². The van der Waals surface area contributed by atoms with Gasteiger partial charge in [0.15, 0.2) is 0 Å². The van der Waals surface area contributed by atoms with Crippen molar-refractivity contribution < 1.29 is 9.53 Å². The third-order valence-corrected chi connectivity index (χ3v) is 4.05. The molecular weight excluding hydrogens is 202 g/mol. The lowest BCUT2D eigenvalue weighted by Crippen LogP contribution is -2.40. The smallest absolute Gasteiger partial charge is 0.323 e. The van der Waals surface area contributed by atoms with E-state index in [2.05, 4.69) is 4.90 Å². The molecule has 0 radical (unpaired) electrons. The fourth-order valence-corrected chi connectivity index (χ4v) is 3.15. The molecule has 1 saturated carbocycles. The predicted molar refractivity (Wildman–Crippen MR) is 63.2 cm³/mol. The minimum Gasteiger partial charge on any atom is -0.468 e. The number of ether oxygens (including phenoxy) is 1. The van der Waals surface area contributed by atoms with Crippen molar-refractivity contribution in [1.82, 2.24) is 4.90 Å². The van der Waals surface area contributed by atoms with Crippen molar-refractivity contribution in [3.05, 3.63) is 0 Å². The fraction of sp³-hybridized carbons (Fsp3) is 0.923. The third kappa shape index (κ3) is 2.76. The molecule has 2 rings (SSSR count). The van der Waals surface area contributed by atoms with Crippen LogP contribution < -0.4 is 0 Å². The van der Waals surface area contributed by atoms with Gasteiger partial charge in [-0.15, -0.1) is 0 Å². The largest absolute Gasteiger partial charge is 0.468 e. The molecule has 92 valence electrons. The molecule has 0 bridgehead atoms. The van der Waals surface area contributed by atoms with Gasteiger partial charge in [-0.25, -0.2) is 0 Å². The van der Waals surface area contributed by atoms with Crippen LogP contribution >= 0.6 is 0 Å². The Balaban J connectivity index is 1.85. The Morgan fingerprint density at radius 1 is 1.19 bits per heavy atom. The van der Waals surface area contributed by atoms with Crippen LogP contribution in [0.4, 0.5) is 0 Å². The maximum absolute atomic E-state index is 11.6. The molecule has 0 aromatic carbocycles. The van der Waals surface area contributed by atoms with E-state index in [9.17, 15) is 4.79 Å². The van der Waals surface area contributed by atoms with Gasteiger partial charge < -0.3 is 4.74 Å². The van der Waals surface area contributed by atoms with Gasteiger partial charge in [0.25, 0.3) is 0 Å². The van der Waals surface area contributed by atoms with Crippen molar-refractivity contribution in [1.29, 1.82) is 0 Å². The number of rotatable bonds is 3. The highest BCUT2D eigenvalue weighted by molar-refractivity contribution is 5.75. The molecule has 0 amide bonds. The van der Waals surface area contributed by atoms with Gasteiger partial charge in [0.1, 0.15) is 6.04 Å². The summed E-state index contributed by atoms with van der Waals surface area (Å²) in [6, 6.07) is 0.0481. The molecule has 3 nitrogen and oxygen atoms in total. The highest BCUT2D eigenvalue weighted by Crippen LogP contribution is 2.27. The van der Waals surface area contributed by atoms with Crippen molar-refractivity contribution in [3.63, 3.8) is 0 Å². The van der Waals surface area contributed by atoms with Crippen LogP contribution in [0.5, 0.6) is 0 Å². The first-order valence-corrected chi connectivity index (χ1v) is 6.63. The van der Waals surface area contributed by atoms with E-state index in [1.165, 1.54) is 39.2 Å². The average Bonchev–Trinajstić information content (AvgIpc) is 2.77. The standard InChI is InChI=1S/C13H23NO2/c1-16-13(15)12-8-5-9-14(12)10-11-6-3-2-4-7-11/h11-12H,2-10H2,1H3. The molecule has 0 N–H and O–H groups in total. The molecule has 1 unspecified atom stereocenters. The van der Waals surface area contributed by atoms with Gasteiger partial charge in [0, 0.05) is 6.54 Å². The van der Waals surface area contributed by atoms with Gasteiger partial charge >= 0.3 is 5.97 Å². The first kappa shape index (κ1) is 11.9. The van der Waals surface area contributed by atoms with Crippen LogP contribution in [0.1, 0.15) is 44.9 Å². The van der Waals surface area contributed by atoms with Crippen LogP contribution in [0.3, 0.4) is 0 Å². The van der Waals surface area contributed by atoms with E-state index in [-0.39, 0.29) is 12.0 Å². The van der Waals surface area contributed by atoms with E-state index in [1.54, 1.807) is 0 Å². The summed E-state index contributed by atoms with van der Waals surface area (Å²) >= 11 is 0. The molecule has 1 saturated heterocycles. The molecule has 1 aliphatic carbocycles. The quantitative estimate of drug-likeness (QED) is 0.690. The Kier molecular flexibility index (Phi) is 4.22. The normalized spacial score (nSPS) is 28.2. The van der Waals surface area contributed by atoms with E-state index in [0.717, 1.165) is 31.8 Å². The Morgan fingerprint density at radius 2 is 1.94 bits per heavy atom. The number of carbonyl (C=O) groups excluding carboxylic acids is 1. The van der Waals surface area contributed by atoms with E-state index < -0.39 is 0 Å². The highest BCUT2D eigenvalue weighted by Gasteiger charge is 2.32. The second-order valence-electron chi connectivity index (χ2n) is 5.18. The van der Waals surface area contributed by atoms with Gasteiger partial charge in [0.2, 0.25) is 0 Å². The maximum atomic E-state index is 11.6. The van der Waals surface area contributed by atoms with E-state index >= 15 is 0 Å². The molecule has 1 atom stereocenters. The van der Waals surface area contributed by atoms with Crippen LogP contribution in [0.25, 0.3) is 0 Å². The Bertz CT molecular complexity index is 236. The maximum Gasteiger partial charge on any atom is 0.323 e. The summed E-state index contributed by atoms with van der Waals surface area (Å²) < 4.78 is 4.87.